The molecule has 4 aliphatic rings. The van der Waals surface area contributed by atoms with Crippen LogP contribution in [0.5, 0.6) is 69.0 Å². The molecule has 0 fully saturated rings. The lowest BCUT2D eigenvalue weighted by atomic mass is 9.92. The van der Waals surface area contributed by atoms with Gasteiger partial charge >= 0.3 is 0 Å². The zero-order valence-corrected chi connectivity index (χ0v) is 83.8. The van der Waals surface area contributed by atoms with Crippen LogP contribution in [0.15, 0.2) is 146 Å². The van der Waals surface area contributed by atoms with Gasteiger partial charge in [-0.1, -0.05) is 293 Å². The lowest BCUT2D eigenvalue weighted by Crippen LogP contribution is -2.13. The van der Waals surface area contributed by atoms with Crippen molar-refractivity contribution in [1.82, 2.24) is 39.9 Å². The van der Waals surface area contributed by atoms with Crippen LogP contribution in [0.2, 0.25) is 40.2 Å². The minimum atomic E-state index is -0.110. The quantitative estimate of drug-likeness (QED) is 0.0672. The average Bonchev–Trinajstić information content (AvgIpc) is 1.58. The van der Waals surface area contributed by atoms with Crippen molar-refractivity contribution in [2.45, 2.75) is 105 Å². The molecule has 0 saturated heterocycles. The van der Waals surface area contributed by atoms with E-state index in [-0.39, 0.29) is 308 Å². The number of rotatable bonds is 20. The van der Waals surface area contributed by atoms with Gasteiger partial charge in [-0.2, -0.15) is 0 Å². The topological polar surface area (TPSA) is 257 Å². The van der Waals surface area contributed by atoms with Crippen LogP contribution in [-0.2, 0) is 18.9 Å². The van der Waals surface area contributed by atoms with Crippen LogP contribution in [0.4, 0.5) is 0 Å². The normalized spacial score (nSPS) is 14.2. The molecule has 140 heavy (non-hydrogen) atoms. The van der Waals surface area contributed by atoms with E-state index >= 15 is 0 Å². The first-order valence-corrected chi connectivity index (χ1v) is 50.7. The molecule has 726 valence electrons. The molecule has 15 aromatic rings. The largest absolute Gasteiger partial charge is 0.491 e. The molecule has 0 unspecified atom stereocenters. The third kappa shape index (κ3) is 20.0. The lowest BCUT2D eigenvalue weighted by Gasteiger charge is -2.20. The second kappa shape index (κ2) is 45.4. The van der Waals surface area contributed by atoms with Gasteiger partial charge in [0.25, 0.3) is 0 Å². The number of benzene rings is 12. The Hall–Kier alpha value is -11.2. The average molecular weight is 2050 g/mol. The highest BCUT2D eigenvalue weighted by Gasteiger charge is 2.39. The van der Waals surface area contributed by atoms with Gasteiger partial charge in [-0.05, 0) is 93.0 Å². The summed E-state index contributed by atoms with van der Waals surface area (Å²) in [6, 6.07) is 48.9. The number of nitrogens with zero attached hydrogens (tertiary/aromatic N) is 6. The number of ether oxygens (including phenoxy) is 16. The van der Waals surface area contributed by atoms with E-state index in [1.807, 2.05) is 97.1 Å². The Morgan fingerprint density at radius 2 is 0.479 bits per heavy atom. The maximum absolute atomic E-state index is 7.80. The summed E-state index contributed by atoms with van der Waals surface area (Å²) in [7, 11) is 0. The fraction of sp³-hybridized carbons (Fsp3) is 0.333. The van der Waals surface area contributed by atoms with Gasteiger partial charge in [-0.15, -0.1) is 0 Å². The predicted octanol–water partition coefficient (Wildman–Crippen LogP) is 28.8. The number of halogens is 8. The van der Waals surface area contributed by atoms with Crippen LogP contribution in [0.1, 0.15) is 105 Å². The van der Waals surface area contributed by atoms with Gasteiger partial charge in [0.05, 0.1) is 123 Å². The van der Waals surface area contributed by atoms with Crippen LogP contribution in [0.3, 0.4) is 0 Å². The molecule has 0 amide bonds. The summed E-state index contributed by atoms with van der Waals surface area (Å²) in [6.07, 6.45) is 9.12. The van der Waals surface area contributed by atoms with Crippen molar-refractivity contribution in [3.63, 3.8) is 0 Å². The van der Waals surface area contributed by atoms with Crippen LogP contribution in [-0.4, -0.2) is 172 Å². The van der Waals surface area contributed by atoms with E-state index < -0.39 is 0 Å². The predicted molar refractivity (Wildman–Crippen MR) is 557 cm³/mol. The minimum Gasteiger partial charge on any atom is -0.491 e. The monoisotopic (exact) mass is 2050 g/mol. The summed E-state index contributed by atoms with van der Waals surface area (Å²) in [5, 5.41) is 8.48. The highest BCUT2D eigenvalue weighted by Crippen LogP contribution is 2.60. The lowest BCUT2D eigenvalue weighted by molar-refractivity contribution is 0.0764. The highest BCUT2D eigenvalue weighted by atomic mass is 35.5. The molecule has 19 rings (SSSR count). The van der Waals surface area contributed by atoms with E-state index in [1.165, 1.54) is 0 Å². The summed E-state index contributed by atoms with van der Waals surface area (Å²) in [4.78, 5) is 40.9. The van der Waals surface area contributed by atoms with Crippen LogP contribution < -0.4 is 56.8 Å². The van der Waals surface area contributed by atoms with Gasteiger partial charge < -0.3 is 85.8 Å². The van der Waals surface area contributed by atoms with Crippen molar-refractivity contribution in [3.05, 3.63) is 186 Å². The van der Waals surface area contributed by atoms with Crippen LogP contribution in [0, 0.1) is 0 Å². The second-order valence-corrected chi connectivity index (χ2v) is 36.9. The van der Waals surface area contributed by atoms with Crippen molar-refractivity contribution in [2.75, 3.05) is 132 Å². The first-order chi connectivity index (χ1) is 68.7. The van der Waals surface area contributed by atoms with Gasteiger partial charge in [-0.25, -0.2) is 29.9 Å². The molecule has 0 spiro atoms. The number of nitrogens with one attached hydrogen (secondary N) is 2. The summed E-state index contributed by atoms with van der Waals surface area (Å²) >= 11 is 62.3. The Morgan fingerprint density at radius 1 is 0.236 bits per heavy atom. The zero-order valence-electron chi connectivity index (χ0n) is 77.7. The van der Waals surface area contributed by atoms with E-state index in [4.69, 9.17) is 199 Å². The SMILES string of the molecule is CCCCCOc1c(Cl)c(Cl)c2c3c1-c1nc-3nc3[nH]c(nc4nc5nc6[nH]c(n1)c1c(OCCCCC)c(Cl)c(Cl)c(c61)OCCOCCOc1ccc6ccccc6c1-c1c(ccc6ccccc16)OCCOCCOc1c(Cl)c(Cl)c(OCCCCC)c-4c1-5)c1c(OCCCCC)c(Cl)c(Cl)c(c31)OCCOCCOc1ccc3ccccc3c1-c1c(ccc3ccccc13)OCCOCCO2. The van der Waals surface area contributed by atoms with Crippen LogP contribution in [0.25, 0.3) is 155 Å². The Labute approximate surface area is 848 Å². The molecule has 32 heteroatoms. The molecule has 0 radical (unpaired) electrons. The minimum absolute atomic E-state index is 0.0104. The van der Waals surface area contributed by atoms with Crippen molar-refractivity contribution >= 4 is 180 Å². The smallest absolute Gasteiger partial charge is 0.168 e. The highest BCUT2D eigenvalue weighted by molar-refractivity contribution is 6.48. The van der Waals surface area contributed by atoms with Crippen molar-refractivity contribution in [3.8, 4) is 137 Å². The first kappa shape index (κ1) is 97.6. The number of unbranched alkanes of at least 4 members (excludes halogenated alkanes) is 8. The summed E-state index contributed by atoms with van der Waals surface area (Å²) in [5.41, 5.74) is 4.36. The molecule has 3 aromatic heterocycles. The Morgan fingerprint density at radius 3 is 0.771 bits per heavy atom. The molecule has 0 aliphatic carbocycles. The number of aromatic nitrogens is 8. The Balaban J connectivity index is 0.850. The fourth-order valence-corrected chi connectivity index (χ4v) is 20.0. The number of H-pyrrole nitrogens is 2. The van der Waals surface area contributed by atoms with E-state index in [1.54, 1.807) is 0 Å². The molecular formula is C108H102Cl8N8O16. The molecule has 7 heterocycles. The van der Waals surface area contributed by atoms with Crippen molar-refractivity contribution in [1.29, 1.82) is 0 Å². The third-order valence-electron chi connectivity index (χ3n) is 24.7. The van der Waals surface area contributed by atoms with Crippen molar-refractivity contribution in [2.24, 2.45) is 0 Å². The number of hydrogen-bond acceptors (Lipinski definition) is 22. The fourth-order valence-electron chi connectivity index (χ4n) is 18.1. The molecule has 0 atom stereocenters. The molecule has 8 bridgehead atoms. The van der Waals surface area contributed by atoms with Crippen LogP contribution >= 0.6 is 92.8 Å². The van der Waals surface area contributed by atoms with Gasteiger partial charge in [0, 0.05) is 22.3 Å². The maximum Gasteiger partial charge on any atom is 0.168 e. The third-order valence-corrected chi connectivity index (χ3v) is 27.9. The second-order valence-electron chi connectivity index (χ2n) is 33.9. The molecular weight excluding hydrogens is 1950 g/mol. The Kier molecular flexibility index (Phi) is 31.6. The molecule has 4 aliphatic heterocycles. The van der Waals surface area contributed by atoms with E-state index in [2.05, 4.69) is 86.2 Å². The van der Waals surface area contributed by atoms with E-state index in [0.29, 0.717) is 48.7 Å². The van der Waals surface area contributed by atoms with E-state index in [0.717, 1.165) is 117 Å². The molecule has 12 aromatic carbocycles. The summed E-state index contributed by atoms with van der Waals surface area (Å²) in [6.45, 7) is 9.74. The maximum atomic E-state index is 7.80. The zero-order chi connectivity index (χ0) is 96.3. The van der Waals surface area contributed by atoms with Gasteiger partial charge in [0.1, 0.15) is 139 Å². The number of aromatic amines is 2. The molecule has 24 nitrogen and oxygen atoms in total. The Bertz CT molecular complexity index is 6930. The first-order valence-electron chi connectivity index (χ1n) is 47.7. The molecule has 2 N–H and O–H groups in total. The number of fused-ring (bicyclic) bond motifs is 22. The summed E-state index contributed by atoms with van der Waals surface area (Å²) < 4.78 is 109. The van der Waals surface area contributed by atoms with Crippen molar-refractivity contribution < 1.29 is 75.8 Å². The molecule has 0 saturated carbocycles. The number of hydrogen-bond donors (Lipinski definition) is 2. The van der Waals surface area contributed by atoms with Gasteiger partial charge in [-0.3, -0.25) is 0 Å². The van der Waals surface area contributed by atoms with Gasteiger partial charge in [0.15, 0.2) is 69.3 Å². The standard InChI is InChI=1S/C108H102Cl8N8O16/c1-5-9-21-41-133-93-77-81-97(89(113)85(93)109)137-57-49-125-45-53-129-69-37-33-61-25-13-17-29-65(61)73(69)74-66-30-18-14-26-62(66)34-38-70(74)131-55-47-127-51-59-139-99-83-79(95(87(111)91(99)115)135-43-23-11-7-3)103-118-104-80-84-100(92(116)88(112)96(80)136-44-24-12-8-4)140-60-52-128-48-56-132-72-40-36-64-28-16-20-32-68(64)76(72)75-67-31-19-15-27-63(67)35-39-71(75)130-54-46-126-50-58-138-98-82-78(94(86(110)90(98)114)134-42-22-10-6-2)102(120-107(82)124-108(84)122-104)117-101(77)119-105(81)123-106(83)121-103/h13-20,25-40H,5-12,21-24,41-60H2,1-4H3,(H2,117,118,119,120,121,122,123,124). The summed E-state index contributed by atoms with van der Waals surface area (Å²) in [5.74, 6) is 2.89. The van der Waals surface area contributed by atoms with E-state index in [9.17, 15) is 0 Å². The van der Waals surface area contributed by atoms with Gasteiger partial charge in [0.2, 0.25) is 0 Å².